The van der Waals surface area contributed by atoms with Crippen molar-refractivity contribution in [3.05, 3.63) is 22.4 Å². The van der Waals surface area contributed by atoms with E-state index in [1.54, 1.807) is 11.3 Å². The minimum Gasteiger partial charge on any atom is -0.481 e. The van der Waals surface area contributed by atoms with Gasteiger partial charge in [0, 0.05) is 17.3 Å². The average Bonchev–Trinajstić information content (AvgIpc) is 2.71. The van der Waals surface area contributed by atoms with Gasteiger partial charge >= 0.3 is 5.97 Å². The van der Waals surface area contributed by atoms with E-state index in [9.17, 15) is 9.59 Å². The summed E-state index contributed by atoms with van der Waals surface area (Å²) in [5, 5.41) is 13.5. The van der Waals surface area contributed by atoms with Crippen LogP contribution in [0.25, 0.3) is 0 Å². The van der Waals surface area contributed by atoms with Crippen molar-refractivity contribution in [2.75, 3.05) is 6.54 Å². The van der Waals surface area contributed by atoms with Gasteiger partial charge in [-0.1, -0.05) is 6.07 Å². The van der Waals surface area contributed by atoms with Gasteiger partial charge in [0.25, 0.3) is 0 Å². The molecule has 0 bridgehead atoms. The van der Waals surface area contributed by atoms with E-state index < -0.39 is 11.9 Å². The number of amides is 1. The average molecular weight is 225 g/mol. The van der Waals surface area contributed by atoms with Gasteiger partial charge < -0.3 is 10.4 Å². The number of nitrogens with one attached hydrogen (secondary N) is 1. The van der Waals surface area contributed by atoms with Crippen LogP contribution in [-0.4, -0.2) is 23.5 Å². The van der Waals surface area contributed by atoms with Gasteiger partial charge in [-0.15, -0.1) is 11.3 Å². The van der Waals surface area contributed by atoms with Crippen LogP contribution in [0.3, 0.4) is 0 Å². The zero-order valence-corrected chi connectivity index (χ0v) is 8.79. The van der Waals surface area contributed by atoms with Crippen LogP contribution in [0.15, 0.2) is 17.5 Å². The highest BCUT2D eigenvalue weighted by molar-refractivity contribution is 7.10. The molecule has 0 aliphatic carbocycles. The standard InChI is InChI=1S/C10H11NO3S/c12-9-7(10(13)14)4-6(5-11-9)8-2-1-3-15-8/h1-3,6-7H,4-5H2,(H,11,12)(H,13,14)/t6-,7+/m0/s1. The van der Waals surface area contributed by atoms with Gasteiger partial charge in [0.1, 0.15) is 5.92 Å². The summed E-state index contributed by atoms with van der Waals surface area (Å²) in [6, 6.07) is 3.91. The number of rotatable bonds is 2. The number of carboxylic acids is 1. The summed E-state index contributed by atoms with van der Waals surface area (Å²) in [4.78, 5) is 23.2. The van der Waals surface area contributed by atoms with Crippen LogP contribution in [-0.2, 0) is 9.59 Å². The smallest absolute Gasteiger partial charge is 0.316 e. The summed E-state index contributed by atoms with van der Waals surface area (Å²) < 4.78 is 0. The molecule has 1 amide bonds. The molecule has 2 atom stereocenters. The summed E-state index contributed by atoms with van der Waals surface area (Å²) >= 11 is 1.60. The largest absolute Gasteiger partial charge is 0.481 e. The third-order valence-electron chi connectivity index (χ3n) is 2.60. The summed E-state index contributed by atoms with van der Waals surface area (Å²) in [5.41, 5.74) is 0. The molecule has 1 aromatic heterocycles. The van der Waals surface area contributed by atoms with Gasteiger partial charge in [-0.05, 0) is 17.9 Å². The summed E-state index contributed by atoms with van der Waals surface area (Å²) in [5.74, 6) is -2.15. The molecule has 0 unspecified atom stereocenters. The Kier molecular flexibility index (Phi) is 2.73. The van der Waals surface area contributed by atoms with E-state index in [1.165, 1.54) is 0 Å². The van der Waals surface area contributed by atoms with Gasteiger partial charge in [0.15, 0.2) is 0 Å². The fraction of sp³-hybridized carbons (Fsp3) is 0.400. The minimum absolute atomic E-state index is 0.142. The SMILES string of the molecule is O=C(O)[C@@H]1C[C@H](c2cccs2)CNC1=O. The maximum atomic E-state index is 11.3. The van der Waals surface area contributed by atoms with E-state index in [0.717, 1.165) is 4.88 Å². The molecule has 2 rings (SSSR count). The lowest BCUT2D eigenvalue weighted by Crippen LogP contribution is -2.43. The van der Waals surface area contributed by atoms with Crippen molar-refractivity contribution in [1.29, 1.82) is 0 Å². The molecule has 0 saturated carbocycles. The maximum absolute atomic E-state index is 11.3. The van der Waals surface area contributed by atoms with Crippen LogP contribution in [0, 0.1) is 5.92 Å². The van der Waals surface area contributed by atoms with E-state index in [0.29, 0.717) is 13.0 Å². The lowest BCUT2D eigenvalue weighted by molar-refractivity contribution is -0.148. The first-order valence-electron chi connectivity index (χ1n) is 4.72. The number of hydrogen-bond acceptors (Lipinski definition) is 3. The monoisotopic (exact) mass is 225 g/mol. The molecule has 2 heterocycles. The van der Waals surface area contributed by atoms with Crippen molar-refractivity contribution in [2.24, 2.45) is 5.92 Å². The zero-order chi connectivity index (χ0) is 10.8. The minimum atomic E-state index is -1.03. The third kappa shape index (κ3) is 2.02. The van der Waals surface area contributed by atoms with Gasteiger partial charge in [0.2, 0.25) is 5.91 Å². The molecule has 15 heavy (non-hydrogen) atoms. The molecule has 1 aliphatic rings. The lowest BCUT2D eigenvalue weighted by atomic mass is 9.89. The number of carbonyl (C=O) groups excluding carboxylic acids is 1. The molecule has 4 nitrogen and oxygen atoms in total. The molecule has 1 aromatic rings. The Morgan fingerprint density at radius 1 is 1.60 bits per heavy atom. The number of piperidine rings is 1. The first-order valence-corrected chi connectivity index (χ1v) is 5.60. The van der Waals surface area contributed by atoms with E-state index in [1.807, 2.05) is 17.5 Å². The van der Waals surface area contributed by atoms with Crippen LogP contribution in [0.4, 0.5) is 0 Å². The van der Waals surface area contributed by atoms with Crippen LogP contribution < -0.4 is 5.32 Å². The number of aliphatic carboxylic acids is 1. The van der Waals surface area contributed by atoms with Gasteiger partial charge in [-0.2, -0.15) is 0 Å². The molecule has 5 heteroatoms. The van der Waals surface area contributed by atoms with Crippen LogP contribution in [0.2, 0.25) is 0 Å². The molecule has 0 radical (unpaired) electrons. The Labute approximate surface area is 90.9 Å². The Morgan fingerprint density at radius 3 is 3.00 bits per heavy atom. The molecule has 1 saturated heterocycles. The molecule has 1 aliphatic heterocycles. The van der Waals surface area contributed by atoms with Crippen LogP contribution >= 0.6 is 11.3 Å². The predicted molar refractivity (Wildman–Crippen MR) is 55.8 cm³/mol. The normalized spacial score (nSPS) is 26.0. The van der Waals surface area contributed by atoms with Gasteiger partial charge in [0.05, 0.1) is 0 Å². The molecule has 1 fully saturated rings. The zero-order valence-electron chi connectivity index (χ0n) is 7.97. The fourth-order valence-corrected chi connectivity index (χ4v) is 2.62. The highest BCUT2D eigenvalue weighted by atomic mass is 32.1. The Bertz CT molecular complexity index is 374. The van der Waals surface area contributed by atoms with Crippen LogP contribution in [0.1, 0.15) is 17.2 Å². The highest BCUT2D eigenvalue weighted by Crippen LogP contribution is 2.29. The number of carbonyl (C=O) groups is 2. The Morgan fingerprint density at radius 2 is 2.40 bits per heavy atom. The quantitative estimate of drug-likeness (QED) is 0.739. The second-order valence-electron chi connectivity index (χ2n) is 3.58. The van der Waals surface area contributed by atoms with Crippen molar-refractivity contribution in [1.82, 2.24) is 5.32 Å². The number of hydrogen-bond donors (Lipinski definition) is 2. The van der Waals surface area contributed by atoms with Gasteiger partial charge in [-0.25, -0.2) is 0 Å². The van der Waals surface area contributed by atoms with Crippen LogP contribution in [0.5, 0.6) is 0 Å². The summed E-state index contributed by atoms with van der Waals surface area (Å²) in [6.45, 7) is 0.545. The molecule has 2 N–H and O–H groups in total. The highest BCUT2D eigenvalue weighted by Gasteiger charge is 2.34. The second-order valence-corrected chi connectivity index (χ2v) is 4.56. The molecule has 80 valence electrons. The lowest BCUT2D eigenvalue weighted by Gasteiger charge is -2.25. The number of carboxylic acid groups (broad SMARTS) is 1. The van der Waals surface area contributed by atoms with E-state index >= 15 is 0 Å². The van der Waals surface area contributed by atoms with Crippen molar-refractivity contribution in [3.63, 3.8) is 0 Å². The van der Waals surface area contributed by atoms with Gasteiger partial charge in [-0.3, -0.25) is 9.59 Å². The molecule has 0 aromatic carbocycles. The topological polar surface area (TPSA) is 66.4 Å². The van der Waals surface area contributed by atoms with E-state index in [4.69, 9.17) is 5.11 Å². The molecule has 0 spiro atoms. The molecular weight excluding hydrogens is 214 g/mol. The third-order valence-corrected chi connectivity index (χ3v) is 3.64. The van der Waals surface area contributed by atoms with Crippen molar-refractivity contribution >= 4 is 23.2 Å². The van der Waals surface area contributed by atoms with E-state index in [2.05, 4.69) is 5.32 Å². The predicted octanol–water partition coefficient (Wildman–Crippen LogP) is 1.05. The first-order chi connectivity index (χ1) is 7.18. The maximum Gasteiger partial charge on any atom is 0.316 e. The second kappa shape index (κ2) is 4.02. The van der Waals surface area contributed by atoms with E-state index in [-0.39, 0.29) is 11.8 Å². The van der Waals surface area contributed by atoms with Crippen molar-refractivity contribution < 1.29 is 14.7 Å². The van der Waals surface area contributed by atoms with Crippen molar-refractivity contribution in [2.45, 2.75) is 12.3 Å². The molecular formula is C10H11NO3S. The summed E-state index contributed by atoms with van der Waals surface area (Å²) in [7, 11) is 0. The Balaban J connectivity index is 2.12. The fourth-order valence-electron chi connectivity index (χ4n) is 1.78. The Hall–Kier alpha value is -1.36. The van der Waals surface area contributed by atoms with Crippen molar-refractivity contribution in [3.8, 4) is 0 Å². The number of thiophene rings is 1. The summed E-state index contributed by atoms with van der Waals surface area (Å²) in [6.07, 6.45) is 0.404. The first kappa shape index (κ1) is 10.2.